The van der Waals surface area contributed by atoms with Gasteiger partial charge in [0.25, 0.3) is 5.91 Å². The normalized spacial score (nSPS) is 15.4. The molecule has 0 bridgehead atoms. The summed E-state index contributed by atoms with van der Waals surface area (Å²) < 4.78 is 26.7. The van der Waals surface area contributed by atoms with Crippen molar-refractivity contribution in [2.75, 3.05) is 20.1 Å². The van der Waals surface area contributed by atoms with Crippen molar-refractivity contribution in [3.8, 4) is 0 Å². The Labute approximate surface area is 172 Å². The van der Waals surface area contributed by atoms with E-state index in [1.807, 2.05) is 12.1 Å². The minimum atomic E-state index is -3.30. The van der Waals surface area contributed by atoms with E-state index in [1.165, 1.54) is 0 Å². The van der Waals surface area contributed by atoms with Crippen LogP contribution in [0, 0.1) is 0 Å². The first-order chi connectivity index (χ1) is 13.3. The highest BCUT2D eigenvalue weighted by atomic mass is 35.5. The molecule has 1 heterocycles. The first-order valence-corrected chi connectivity index (χ1v) is 11.4. The number of benzene rings is 2. The van der Waals surface area contributed by atoms with Crippen molar-refractivity contribution in [1.29, 1.82) is 0 Å². The van der Waals surface area contributed by atoms with Crippen molar-refractivity contribution in [3.05, 3.63) is 70.2 Å². The number of hydrogen-bond donors (Lipinski definition) is 0. The molecule has 1 aliphatic heterocycles. The number of sulfonamides is 1. The van der Waals surface area contributed by atoms with Crippen LogP contribution in [0.1, 0.15) is 40.7 Å². The second-order valence-corrected chi connectivity index (χ2v) is 9.61. The fourth-order valence-electron chi connectivity index (χ4n) is 3.34. The predicted octanol–water partition coefficient (Wildman–Crippen LogP) is 3.93. The molecule has 0 unspecified atom stereocenters. The number of carbonyl (C=O) groups is 1. The molecule has 0 aliphatic carbocycles. The topological polar surface area (TPSA) is 57.7 Å². The van der Waals surface area contributed by atoms with Crippen LogP contribution in [0.5, 0.6) is 0 Å². The molecule has 1 fully saturated rings. The lowest BCUT2D eigenvalue weighted by molar-refractivity contribution is 0.0785. The van der Waals surface area contributed by atoms with E-state index < -0.39 is 10.0 Å². The quantitative estimate of drug-likeness (QED) is 0.711. The monoisotopic (exact) mass is 420 g/mol. The molecule has 0 saturated carbocycles. The molecule has 0 spiro atoms. The Morgan fingerprint density at radius 3 is 2.14 bits per heavy atom. The van der Waals surface area contributed by atoms with Crippen LogP contribution in [0.25, 0.3) is 0 Å². The van der Waals surface area contributed by atoms with Crippen LogP contribution in [-0.4, -0.2) is 43.7 Å². The molecule has 1 amide bonds. The van der Waals surface area contributed by atoms with Crippen molar-refractivity contribution >= 4 is 27.5 Å². The third-order valence-electron chi connectivity index (χ3n) is 4.94. The smallest absolute Gasteiger partial charge is 0.253 e. The average molecular weight is 421 g/mol. The lowest BCUT2D eigenvalue weighted by Crippen LogP contribution is -2.36. The Morgan fingerprint density at radius 2 is 1.54 bits per heavy atom. The average Bonchev–Trinajstić information content (AvgIpc) is 2.70. The van der Waals surface area contributed by atoms with Gasteiger partial charge in [-0.05, 0) is 48.2 Å². The highest BCUT2D eigenvalue weighted by molar-refractivity contribution is 7.88. The van der Waals surface area contributed by atoms with Gasteiger partial charge in [0.05, 0.1) is 5.75 Å². The fourth-order valence-corrected chi connectivity index (χ4v) is 5.08. The molecule has 28 heavy (non-hydrogen) atoms. The Morgan fingerprint density at radius 1 is 0.964 bits per heavy atom. The van der Waals surface area contributed by atoms with Crippen molar-refractivity contribution in [2.45, 2.75) is 31.6 Å². The fraction of sp³-hybridized carbons (Fsp3) is 0.381. The van der Waals surface area contributed by atoms with Gasteiger partial charge in [-0.3, -0.25) is 4.79 Å². The number of nitrogens with zero attached hydrogens (tertiary/aromatic N) is 2. The van der Waals surface area contributed by atoms with Crippen LogP contribution >= 0.6 is 11.6 Å². The second-order valence-electron chi connectivity index (χ2n) is 7.20. The predicted molar refractivity (Wildman–Crippen MR) is 112 cm³/mol. The van der Waals surface area contributed by atoms with Crippen LogP contribution < -0.4 is 0 Å². The third kappa shape index (κ3) is 5.34. The molecule has 5 nitrogen and oxygen atoms in total. The lowest BCUT2D eigenvalue weighted by atomic mass is 10.1. The molecule has 2 aromatic carbocycles. The SMILES string of the molecule is CN(Cc1ccc(Cl)cc1)C(=O)c1ccc(CS(=O)(=O)N2CCCCC2)cc1. The van der Waals surface area contributed by atoms with Gasteiger partial charge in [0, 0.05) is 37.3 Å². The highest BCUT2D eigenvalue weighted by Gasteiger charge is 2.24. The van der Waals surface area contributed by atoms with Crippen LogP contribution in [-0.2, 0) is 22.3 Å². The minimum absolute atomic E-state index is 0.0257. The van der Waals surface area contributed by atoms with Crippen LogP contribution in [0.4, 0.5) is 0 Å². The Hall–Kier alpha value is -1.89. The summed E-state index contributed by atoms with van der Waals surface area (Å²) in [5, 5.41) is 0.660. The van der Waals surface area contributed by atoms with Gasteiger partial charge in [0.1, 0.15) is 0 Å². The van der Waals surface area contributed by atoms with Crippen LogP contribution in [0.2, 0.25) is 5.02 Å². The molecule has 0 radical (unpaired) electrons. The Bertz CT molecular complexity index is 906. The molecule has 1 aliphatic rings. The first kappa shape index (κ1) is 20.8. The summed E-state index contributed by atoms with van der Waals surface area (Å²) >= 11 is 5.89. The third-order valence-corrected chi connectivity index (χ3v) is 7.04. The van der Waals surface area contributed by atoms with E-state index in [-0.39, 0.29) is 11.7 Å². The summed E-state index contributed by atoms with van der Waals surface area (Å²) in [4.78, 5) is 14.3. The summed E-state index contributed by atoms with van der Waals surface area (Å²) in [5.41, 5.74) is 2.22. The maximum Gasteiger partial charge on any atom is 0.253 e. The number of piperidine rings is 1. The van der Waals surface area contributed by atoms with Gasteiger partial charge in [0.15, 0.2) is 0 Å². The van der Waals surface area contributed by atoms with Crippen molar-refractivity contribution < 1.29 is 13.2 Å². The molecule has 150 valence electrons. The molecule has 2 aromatic rings. The molecule has 0 aromatic heterocycles. The van der Waals surface area contributed by atoms with E-state index in [1.54, 1.807) is 52.7 Å². The molecule has 3 rings (SSSR count). The molecule has 0 atom stereocenters. The van der Waals surface area contributed by atoms with Crippen molar-refractivity contribution in [3.63, 3.8) is 0 Å². The zero-order valence-electron chi connectivity index (χ0n) is 16.0. The minimum Gasteiger partial charge on any atom is -0.337 e. The van der Waals surface area contributed by atoms with E-state index in [4.69, 9.17) is 11.6 Å². The summed E-state index contributed by atoms with van der Waals surface area (Å²) in [5.74, 6) is -0.136. The van der Waals surface area contributed by atoms with Gasteiger partial charge in [-0.2, -0.15) is 0 Å². The van der Waals surface area contributed by atoms with Crippen LogP contribution in [0.3, 0.4) is 0 Å². The number of halogens is 1. The Balaban J connectivity index is 1.62. The number of carbonyl (C=O) groups excluding carboxylic acids is 1. The second kappa shape index (κ2) is 9.07. The van der Waals surface area contributed by atoms with Crippen LogP contribution in [0.15, 0.2) is 48.5 Å². The van der Waals surface area contributed by atoms with Crippen molar-refractivity contribution in [2.24, 2.45) is 0 Å². The van der Waals surface area contributed by atoms with Gasteiger partial charge in [-0.1, -0.05) is 42.3 Å². The molecule has 1 saturated heterocycles. The van der Waals surface area contributed by atoms with E-state index >= 15 is 0 Å². The summed E-state index contributed by atoms with van der Waals surface area (Å²) in [6, 6.07) is 14.2. The molecular formula is C21H25ClN2O3S. The zero-order valence-corrected chi connectivity index (χ0v) is 17.5. The van der Waals surface area contributed by atoms with E-state index in [0.717, 1.165) is 24.8 Å². The molecule has 7 heteroatoms. The largest absolute Gasteiger partial charge is 0.337 e. The first-order valence-electron chi connectivity index (χ1n) is 9.42. The number of hydrogen-bond acceptors (Lipinski definition) is 3. The summed E-state index contributed by atoms with van der Waals surface area (Å²) in [7, 11) is -1.56. The van der Waals surface area contributed by atoms with Gasteiger partial charge in [-0.15, -0.1) is 0 Å². The van der Waals surface area contributed by atoms with Gasteiger partial charge in [-0.25, -0.2) is 12.7 Å². The summed E-state index contributed by atoms with van der Waals surface area (Å²) in [6.45, 7) is 1.68. The zero-order chi connectivity index (χ0) is 20.1. The van der Waals surface area contributed by atoms with Gasteiger partial charge in [0.2, 0.25) is 10.0 Å². The van der Waals surface area contributed by atoms with Gasteiger partial charge < -0.3 is 4.90 Å². The number of rotatable bonds is 6. The van der Waals surface area contributed by atoms with Gasteiger partial charge >= 0.3 is 0 Å². The number of amides is 1. The molecule has 0 N–H and O–H groups in total. The standard InChI is InChI=1S/C21H25ClN2O3S/c1-23(15-17-7-11-20(22)12-8-17)21(25)19-9-5-18(6-10-19)16-28(26,27)24-13-3-2-4-14-24/h5-12H,2-4,13-16H2,1H3. The highest BCUT2D eigenvalue weighted by Crippen LogP contribution is 2.18. The van der Waals surface area contributed by atoms with Crippen molar-refractivity contribution in [1.82, 2.24) is 9.21 Å². The van der Waals surface area contributed by atoms with E-state index in [2.05, 4.69) is 0 Å². The lowest BCUT2D eigenvalue weighted by Gasteiger charge is -2.25. The summed E-state index contributed by atoms with van der Waals surface area (Å²) in [6.07, 6.45) is 2.94. The van der Waals surface area contributed by atoms with E-state index in [0.29, 0.717) is 35.8 Å². The van der Waals surface area contributed by atoms with E-state index in [9.17, 15) is 13.2 Å². The Kier molecular flexibility index (Phi) is 6.75. The molecular weight excluding hydrogens is 396 g/mol. The maximum atomic E-state index is 12.6. The maximum absolute atomic E-state index is 12.6.